The van der Waals surface area contributed by atoms with Crippen LogP contribution in [0.4, 0.5) is 0 Å². The highest BCUT2D eigenvalue weighted by atomic mass is 32.8. The molecule has 230 valence electrons. The Labute approximate surface area is 255 Å². The second-order valence-corrected chi connectivity index (χ2v) is 33.0. The van der Waals surface area contributed by atoms with E-state index in [2.05, 4.69) is 0 Å². The average Bonchev–Trinajstić information content (AvgIpc) is 3.04. The van der Waals surface area contributed by atoms with Crippen LogP contribution in [0.2, 0.25) is 0 Å². The maximum absolute atomic E-state index is 1.68. The molecular formula is C36H66P4. The van der Waals surface area contributed by atoms with E-state index < -0.39 is 0 Å². The van der Waals surface area contributed by atoms with Gasteiger partial charge in [0, 0.05) is 0 Å². The van der Waals surface area contributed by atoms with E-state index in [1.165, 1.54) is 34.0 Å². The molecule has 6 fully saturated rings. The van der Waals surface area contributed by atoms with Crippen LogP contribution in [0, 0.1) is 0 Å². The zero-order chi connectivity index (χ0) is 27.0. The molecule has 0 N–H and O–H groups in total. The maximum atomic E-state index is 1.68. The van der Waals surface area contributed by atoms with Crippen LogP contribution in [0.1, 0.15) is 193 Å². The van der Waals surface area contributed by atoms with E-state index >= 15 is 0 Å². The van der Waals surface area contributed by atoms with Gasteiger partial charge in [-0.15, -0.1) is 0 Å². The van der Waals surface area contributed by atoms with Gasteiger partial charge in [0.1, 0.15) is 0 Å². The van der Waals surface area contributed by atoms with Crippen molar-refractivity contribution < 1.29 is 0 Å². The number of rotatable bonds is 9. The molecule has 0 unspecified atom stereocenters. The summed E-state index contributed by atoms with van der Waals surface area (Å²) in [6, 6.07) is 0. The molecule has 0 heterocycles. The summed E-state index contributed by atoms with van der Waals surface area (Å²) in [5, 5.41) is 0. The highest BCUT2D eigenvalue weighted by Gasteiger charge is 2.51. The van der Waals surface area contributed by atoms with E-state index in [1.807, 2.05) is 0 Å². The maximum Gasteiger partial charge on any atom is -0.0162 e. The van der Waals surface area contributed by atoms with Crippen LogP contribution in [-0.2, 0) is 0 Å². The normalized spacial score (nSPS) is 28.8. The summed E-state index contributed by atoms with van der Waals surface area (Å²) < 4.78 is 0. The first kappa shape index (κ1) is 31.7. The van der Waals surface area contributed by atoms with Gasteiger partial charge in [-0.1, -0.05) is 138 Å². The van der Waals surface area contributed by atoms with Gasteiger partial charge in [-0.05, 0) is 118 Å². The summed E-state index contributed by atoms with van der Waals surface area (Å²) in [6.45, 7) is 0.306. The van der Waals surface area contributed by atoms with E-state index in [-0.39, 0.29) is 22.8 Å². The summed E-state index contributed by atoms with van der Waals surface area (Å²) in [4.78, 5) is 0. The molecule has 0 bridgehead atoms. The standard InChI is InChI=1S/C36H66P4/c1-7-19-31(20-8-1)37(32-21-9-2-10-22-32)40(38(33-23-11-3-12-24-33)34-25-13-4-14-26-34)39(35-27-15-5-16-28-35)36-29-17-6-18-30-36/h31-36H,1-30H2. The largest absolute Gasteiger partial charge is 0.0656 e. The summed E-state index contributed by atoms with van der Waals surface area (Å²) in [7, 11) is 0.852. The van der Waals surface area contributed by atoms with Crippen molar-refractivity contribution in [3.05, 3.63) is 0 Å². The van der Waals surface area contributed by atoms with Crippen molar-refractivity contribution >= 4 is 29.8 Å². The Balaban J connectivity index is 1.45. The van der Waals surface area contributed by atoms with E-state index in [0.717, 1.165) is 0 Å². The third kappa shape index (κ3) is 8.10. The summed E-state index contributed by atoms with van der Waals surface area (Å²) >= 11 is 0. The lowest BCUT2D eigenvalue weighted by molar-refractivity contribution is 0.485. The molecule has 0 aromatic carbocycles. The van der Waals surface area contributed by atoms with Gasteiger partial charge < -0.3 is 0 Å². The zero-order valence-corrected chi connectivity index (χ0v) is 30.0. The average molecular weight is 623 g/mol. The molecule has 0 spiro atoms. The van der Waals surface area contributed by atoms with Gasteiger partial charge in [-0.2, -0.15) is 0 Å². The van der Waals surface area contributed by atoms with E-state index in [4.69, 9.17) is 0 Å². The molecule has 0 atom stereocenters. The van der Waals surface area contributed by atoms with Crippen molar-refractivity contribution in [1.29, 1.82) is 0 Å². The monoisotopic (exact) mass is 622 g/mol. The lowest BCUT2D eigenvalue weighted by Gasteiger charge is -2.56. The first-order chi connectivity index (χ1) is 19.9. The van der Waals surface area contributed by atoms with E-state index in [0.29, 0.717) is 6.99 Å². The predicted octanol–water partition coefficient (Wildman–Crippen LogP) is 14.7. The van der Waals surface area contributed by atoms with Crippen molar-refractivity contribution in [2.75, 3.05) is 0 Å². The number of hydrogen-bond acceptors (Lipinski definition) is 0. The Morgan fingerprint density at radius 1 is 0.200 bits per heavy atom. The Morgan fingerprint density at radius 3 is 0.500 bits per heavy atom. The van der Waals surface area contributed by atoms with Crippen molar-refractivity contribution in [3.8, 4) is 0 Å². The fraction of sp³-hybridized carbons (Fsp3) is 1.00. The number of hydrogen-bond donors (Lipinski definition) is 0. The Morgan fingerprint density at radius 2 is 0.350 bits per heavy atom. The first-order valence-corrected chi connectivity index (χ1v) is 26.9. The van der Waals surface area contributed by atoms with Crippen molar-refractivity contribution in [3.63, 3.8) is 0 Å². The molecular weight excluding hydrogens is 556 g/mol. The quantitative estimate of drug-likeness (QED) is 0.224. The van der Waals surface area contributed by atoms with Crippen LogP contribution in [0.5, 0.6) is 0 Å². The Kier molecular flexibility index (Phi) is 13.4. The minimum absolute atomic E-state index is 0.284. The molecule has 40 heavy (non-hydrogen) atoms. The van der Waals surface area contributed by atoms with Crippen LogP contribution in [0.25, 0.3) is 0 Å². The Bertz CT molecular complexity index is 542. The lowest BCUT2D eigenvalue weighted by atomic mass is 10.00. The Hall–Kier alpha value is 1.72. The van der Waals surface area contributed by atoms with E-state index in [1.54, 1.807) is 193 Å². The van der Waals surface area contributed by atoms with Gasteiger partial charge >= 0.3 is 0 Å². The second kappa shape index (κ2) is 16.9. The fourth-order valence-electron chi connectivity index (χ4n) is 10.2. The SMILES string of the molecule is C1CCC(P(C2CCCCC2)P(P(C2CCCCC2)C2CCCCC2)P(C2CCCCC2)C2CCCCC2)CC1. The molecule has 0 aromatic heterocycles. The zero-order valence-electron chi connectivity index (χ0n) is 26.5. The summed E-state index contributed by atoms with van der Waals surface area (Å²) in [5.74, 6) is 0. The molecule has 0 aliphatic heterocycles. The summed E-state index contributed by atoms with van der Waals surface area (Å²) in [5.41, 5.74) is 7.29. The van der Waals surface area contributed by atoms with Gasteiger partial charge in [-0.3, -0.25) is 0 Å². The molecule has 0 radical (unpaired) electrons. The first-order valence-electron chi connectivity index (χ1n) is 19.0. The highest BCUT2D eigenvalue weighted by molar-refractivity contribution is 8.84. The molecule has 6 saturated carbocycles. The van der Waals surface area contributed by atoms with Gasteiger partial charge in [-0.25, -0.2) is 0 Å². The smallest absolute Gasteiger partial charge is 0.0162 e. The fourth-order valence-corrected chi connectivity index (χ4v) is 53.6. The lowest BCUT2D eigenvalue weighted by Crippen LogP contribution is -2.26. The molecule has 0 aromatic rings. The minimum atomic E-state index is 0.284. The van der Waals surface area contributed by atoms with Gasteiger partial charge in [0.25, 0.3) is 0 Å². The van der Waals surface area contributed by atoms with Gasteiger partial charge in [0.2, 0.25) is 0 Å². The van der Waals surface area contributed by atoms with Crippen LogP contribution in [0.15, 0.2) is 0 Å². The van der Waals surface area contributed by atoms with Gasteiger partial charge in [0.05, 0.1) is 0 Å². The van der Waals surface area contributed by atoms with Crippen molar-refractivity contribution in [2.24, 2.45) is 0 Å². The van der Waals surface area contributed by atoms with Crippen LogP contribution < -0.4 is 0 Å². The third-order valence-electron chi connectivity index (χ3n) is 12.3. The molecule has 6 aliphatic rings. The molecule has 0 amide bonds. The second-order valence-electron chi connectivity index (χ2n) is 15.2. The highest BCUT2D eigenvalue weighted by Crippen LogP contribution is 3.06. The van der Waals surface area contributed by atoms with Crippen LogP contribution in [-0.4, -0.2) is 34.0 Å². The third-order valence-corrected chi connectivity index (χ3v) is 41.9. The van der Waals surface area contributed by atoms with Crippen molar-refractivity contribution in [2.45, 2.75) is 227 Å². The van der Waals surface area contributed by atoms with Crippen molar-refractivity contribution in [1.82, 2.24) is 0 Å². The molecule has 6 rings (SSSR count). The molecule has 0 nitrogen and oxygen atoms in total. The van der Waals surface area contributed by atoms with Crippen LogP contribution >= 0.6 is 29.8 Å². The van der Waals surface area contributed by atoms with Crippen LogP contribution in [0.3, 0.4) is 0 Å². The molecule has 4 heteroatoms. The molecule has 0 saturated heterocycles. The topological polar surface area (TPSA) is 0 Å². The predicted molar refractivity (Wildman–Crippen MR) is 189 cm³/mol. The minimum Gasteiger partial charge on any atom is -0.0656 e. The van der Waals surface area contributed by atoms with Gasteiger partial charge in [0.15, 0.2) is 0 Å². The summed E-state index contributed by atoms with van der Waals surface area (Å²) in [6.07, 6.45) is 48.8. The van der Waals surface area contributed by atoms with E-state index in [9.17, 15) is 0 Å². The molecule has 6 aliphatic carbocycles.